The number of aromatic nitrogens is 2. The van der Waals surface area contributed by atoms with Crippen LogP contribution in [0.2, 0.25) is 0 Å². The standard InChI is InChI=1S/C58H36N2O2/c1-4-15-37(16-5-1)41-29-43(40-27-28-56-51(35-40)49-22-11-12-25-54(49)61-56)32-45(31-41)53-36-52(39-19-8-3-9-20-39)59-58(60-53)46-33-42(38-17-6-2-7-18-38)30-44(34-46)47-23-14-24-50-48-21-10-13-26-55(48)62-57(47)50/h1-36H. The van der Waals surface area contributed by atoms with Gasteiger partial charge < -0.3 is 8.83 Å². The molecule has 0 saturated carbocycles. The smallest absolute Gasteiger partial charge is 0.160 e. The third-order valence-electron chi connectivity index (χ3n) is 11.9. The zero-order valence-electron chi connectivity index (χ0n) is 33.5. The molecule has 9 aromatic carbocycles. The molecule has 0 bridgehead atoms. The van der Waals surface area contributed by atoms with Crippen LogP contribution in [0.1, 0.15) is 0 Å². The molecule has 3 heterocycles. The summed E-state index contributed by atoms with van der Waals surface area (Å²) in [6.45, 7) is 0. The number of hydrogen-bond acceptors (Lipinski definition) is 4. The Bertz CT molecular complexity index is 3630. The summed E-state index contributed by atoms with van der Waals surface area (Å²) >= 11 is 0. The van der Waals surface area contributed by atoms with Crippen molar-refractivity contribution in [3.63, 3.8) is 0 Å². The van der Waals surface area contributed by atoms with Crippen molar-refractivity contribution in [1.82, 2.24) is 9.97 Å². The summed E-state index contributed by atoms with van der Waals surface area (Å²) < 4.78 is 12.8. The van der Waals surface area contributed by atoms with E-state index in [1.807, 2.05) is 30.3 Å². The second kappa shape index (κ2) is 14.7. The number of fused-ring (bicyclic) bond motifs is 6. The SMILES string of the molecule is c1ccc(-c2cc(-c3ccc4oc5ccccc5c4c3)cc(-c3cc(-c4ccccc4)nc(-c4cc(-c5ccccc5)cc(-c5cccc6c5oc5ccccc56)c4)n3)c2)cc1. The van der Waals surface area contributed by atoms with Gasteiger partial charge in [-0.25, -0.2) is 9.97 Å². The molecule has 0 unspecified atom stereocenters. The second-order valence-corrected chi connectivity index (χ2v) is 15.7. The Balaban J connectivity index is 1.08. The Labute approximate surface area is 358 Å². The van der Waals surface area contributed by atoms with Gasteiger partial charge >= 0.3 is 0 Å². The highest BCUT2D eigenvalue weighted by molar-refractivity contribution is 6.10. The van der Waals surface area contributed by atoms with Crippen LogP contribution >= 0.6 is 0 Å². The van der Waals surface area contributed by atoms with Crippen molar-refractivity contribution >= 4 is 43.9 Å². The third kappa shape index (κ3) is 6.34. The van der Waals surface area contributed by atoms with E-state index in [-0.39, 0.29) is 0 Å². The van der Waals surface area contributed by atoms with Crippen molar-refractivity contribution in [3.05, 3.63) is 218 Å². The molecule has 0 aliphatic rings. The fourth-order valence-corrected chi connectivity index (χ4v) is 8.81. The second-order valence-electron chi connectivity index (χ2n) is 15.7. The van der Waals surface area contributed by atoms with Crippen molar-refractivity contribution in [3.8, 4) is 78.4 Å². The van der Waals surface area contributed by atoms with Gasteiger partial charge in [-0.2, -0.15) is 0 Å². The van der Waals surface area contributed by atoms with E-state index in [1.165, 1.54) is 0 Å². The van der Waals surface area contributed by atoms with Crippen LogP contribution in [-0.4, -0.2) is 9.97 Å². The predicted molar refractivity (Wildman–Crippen MR) is 255 cm³/mol. The van der Waals surface area contributed by atoms with Gasteiger partial charge in [0.1, 0.15) is 22.3 Å². The lowest BCUT2D eigenvalue weighted by molar-refractivity contribution is 0.669. The molecule has 0 atom stereocenters. The van der Waals surface area contributed by atoms with E-state index in [9.17, 15) is 0 Å². The fraction of sp³-hybridized carbons (Fsp3) is 0. The van der Waals surface area contributed by atoms with Gasteiger partial charge in [-0.05, 0) is 106 Å². The van der Waals surface area contributed by atoms with Crippen LogP contribution in [0.5, 0.6) is 0 Å². The molecule has 0 aliphatic carbocycles. The van der Waals surface area contributed by atoms with Gasteiger partial charge in [-0.3, -0.25) is 0 Å². The first-order valence-corrected chi connectivity index (χ1v) is 20.9. The quantitative estimate of drug-likeness (QED) is 0.161. The molecule has 62 heavy (non-hydrogen) atoms. The summed E-state index contributed by atoms with van der Waals surface area (Å²) in [5.74, 6) is 0.634. The number of benzene rings is 9. The molecule has 0 fully saturated rings. The number of furan rings is 2. The molecule has 0 spiro atoms. The largest absolute Gasteiger partial charge is 0.456 e. The van der Waals surface area contributed by atoms with Crippen molar-refractivity contribution < 1.29 is 8.83 Å². The third-order valence-corrected chi connectivity index (χ3v) is 11.9. The predicted octanol–water partition coefficient (Wildman–Crippen LogP) is 15.9. The fourth-order valence-electron chi connectivity index (χ4n) is 8.81. The zero-order chi connectivity index (χ0) is 41.0. The first-order chi connectivity index (χ1) is 30.7. The molecular weight excluding hydrogens is 757 g/mol. The molecule has 0 amide bonds. The lowest BCUT2D eigenvalue weighted by atomic mass is 9.93. The monoisotopic (exact) mass is 792 g/mol. The van der Waals surface area contributed by atoms with Crippen molar-refractivity contribution in [2.45, 2.75) is 0 Å². The number of nitrogens with zero attached hydrogens (tertiary/aromatic N) is 2. The van der Waals surface area contributed by atoms with E-state index in [4.69, 9.17) is 18.8 Å². The lowest BCUT2D eigenvalue weighted by Crippen LogP contribution is -1.97. The average molecular weight is 793 g/mol. The van der Waals surface area contributed by atoms with Crippen molar-refractivity contribution in [2.75, 3.05) is 0 Å². The molecule has 0 N–H and O–H groups in total. The van der Waals surface area contributed by atoms with E-state index < -0.39 is 0 Å². The molecular formula is C58H36N2O2. The Morgan fingerprint density at radius 3 is 1.44 bits per heavy atom. The number of rotatable bonds is 7. The summed E-state index contributed by atoms with van der Waals surface area (Å²) in [4.78, 5) is 10.8. The van der Waals surface area contributed by atoms with E-state index >= 15 is 0 Å². The van der Waals surface area contributed by atoms with Crippen LogP contribution in [0, 0.1) is 0 Å². The van der Waals surface area contributed by atoms with Crippen LogP contribution in [0.25, 0.3) is 122 Å². The van der Waals surface area contributed by atoms with Crippen LogP contribution in [0.15, 0.2) is 227 Å². The summed E-state index contributed by atoms with van der Waals surface area (Å²) in [7, 11) is 0. The van der Waals surface area contributed by atoms with Crippen LogP contribution in [-0.2, 0) is 0 Å². The highest BCUT2D eigenvalue weighted by atomic mass is 16.3. The highest BCUT2D eigenvalue weighted by Gasteiger charge is 2.18. The molecule has 290 valence electrons. The average Bonchev–Trinajstić information content (AvgIpc) is 3.93. The molecule has 4 nitrogen and oxygen atoms in total. The molecule has 0 aliphatic heterocycles. The first-order valence-electron chi connectivity index (χ1n) is 20.9. The van der Waals surface area contributed by atoms with Gasteiger partial charge in [0.05, 0.1) is 11.4 Å². The normalized spacial score (nSPS) is 11.5. The van der Waals surface area contributed by atoms with Crippen LogP contribution in [0.4, 0.5) is 0 Å². The van der Waals surface area contributed by atoms with Gasteiger partial charge in [0, 0.05) is 43.8 Å². The maximum Gasteiger partial charge on any atom is 0.160 e. The first kappa shape index (κ1) is 35.6. The molecule has 12 rings (SSSR count). The zero-order valence-corrected chi connectivity index (χ0v) is 33.5. The highest BCUT2D eigenvalue weighted by Crippen LogP contribution is 2.41. The molecule has 0 radical (unpaired) electrons. The van der Waals surface area contributed by atoms with Gasteiger partial charge in [-0.1, -0.05) is 152 Å². The summed E-state index contributed by atoms with van der Waals surface area (Å²) in [6, 6.07) is 76.4. The minimum atomic E-state index is 0.634. The molecule has 4 heteroatoms. The topological polar surface area (TPSA) is 52.1 Å². The Kier molecular flexibility index (Phi) is 8.46. The van der Waals surface area contributed by atoms with Gasteiger partial charge in [0.25, 0.3) is 0 Å². The van der Waals surface area contributed by atoms with Gasteiger partial charge in [0.15, 0.2) is 5.82 Å². The number of para-hydroxylation sites is 3. The van der Waals surface area contributed by atoms with Crippen LogP contribution < -0.4 is 0 Å². The Hall–Kier alpha value is -8.34. The van der Waals surface area contributed by atoms with Gasteiger partial charge in [-0.15, -0.1) is 0 Å². The van der Waals surface area contributed by atoms with Crippen LogP contribution in [0.3, 0.4) is 0 Å². The Morgan fingerprint density at radius 2 is 0.742 bits per heavy atom. The van der Waals surface area contributed by atoms with Gasteiger partial charge in [0.2, 0.25) is 0 Å². The van der Waals surface area contributed by atoms with E-state index in [1.54, 1.807) is 0 Å². The minimum absolute atomic E-state index is 0.634. The molecule has 12 aromatic rings. The Morgan fingerprint density at radius 1 is 0.258 bits per heavy atom. The van der Waals surface area contributed by atoms with E-state index in [0.717, 1.165) is 116 Å². The summed E-state index contributed by atoms with van der Waals surface area (Å²) in [6.07, 6.45) is 0. The van der Waals surface area contributed by atoms with E-state index in [2.05, 4.69) is 188 Å². The lowest BCUT2D eigenvalue weighted by Gasteiger charge is -2.15. The molecule has 0 saturated heterocycles. The maximum absolute atomic E-state index is 6.58. The maximum atomic E-state index is 6.58. The van der Waals surface area contributed by atoms with E-state index in [0.29, 0.717) is 5.82 Å². The summed E-state index contributed by atoms with van der Waals surface area (Å²) in [5, 5.41) is 4.38. The van der Waals surface area contributed by atoms with Crippen molar-refractivity contribution in [2.24, 2.45) is 0 Å². The summed E-state index contributed by atoms with van der Waals surface area (Å²) in [5.41, 5.74) is 16.7. The van der Waals surface area contributed by atoms with Crippen molar-refractivity contribution in [1.29, 1.82) is 0 Å². The molecule has 3 aromatic heterocycles. The number of hydrogen-bond donors (Lipinski definition) is 0. The minimum Gasteiger partial charge on any atom is -0.456 e.